The smallest absolute Gasteiger partial charge is 0.168 e. The molecule has 0 spiro atoms. The highest BCUT2D eigenvalue weighted by atomic mass is 16.1. The van der Waals surface area contributed by atoms with E-state index in [0.29, 0.717) is 5.70 Å². The quantitative estimate of drug-likeness (QED) is 0.462. The van der Waals surface area contributed by atoms with Gasteiger partial charge in [-0.25, -0.2) is 4.99 Å². The number of rotatable bonds is 1. The van der Waals surface area contributed by atoms with Crippen LogP contribution in [0.4, 0.5) is 0 Å². The standard InChI is InChI=1S/C6H8N2O/c1-8-3-2-6(4-9)7-5-8/h2,4-5H,3H2,1H3. The highest BCUT2D eigenvalue weighted by Crippen LogP contribution is 1.97. The number of hydrogen-bond donors (Lipinski definition) is 0. The Balaban J connectivity index is 2.62. The van der Waals surface area contributed by atoms with Gasteiger partial charge in [-0.15, -0.1) is 0 Å². The molecule has 0 saturated carbocycles. The topological polar surface area (TPSA) is 32.7 Å². The molecule has 1 rings (SSSR count). The molecule has 0 N–H and O–H groups in total. The third-order valence-electron chi connectivity index (χ3n) is 1.11. The first-order valence-corrected chi connectivity index (χ1v) is 2.72. The number of likely N-dealkylation sites (N-methyl/N-ethyl adjacent to an activating group) is 1. The van der Waals surface area contributed by atoms with Crippen molar-refractivity contribution in [2.24, 2.45) is 4.99 Å². The Labute approximate surface area is 53.7 Å². The molecular formula is C6H8N2O. The van der Waals surface area contributed by atoms with Crippen molar-refractivity contribution in [2.75, 3.05) is 13.6 Å². The summed E-state index contributed by atoms with van der Waals surface area (Å²) < 4.78 is 0. The summed E-state index contributed by atoms with van der Waals surface area (Å²) in [6.45, 7) is 0.775. The maximum Gasteiger partial charge on any atom is 0.168 e. The van der Waals surface area contributed by atoms with Gasteiger partial charge < -0.3 is 4.90 Å². The molecule has 0 bridgehead atoms. The van der Waals surface area contributed by atoms with E-state index in [1.807, 2.05) is 11.9 Å². The third-order valence-corrected chi connectivity index (χ3v) is 1.11. The molecule has 9 heavy (non-hydrogen) atoms. The minimum atomic E-state index is 0.521. The monoisotopic (exact) mass is 124 g/mol. The molecule has 0 atom stereocenters. The van der Waals surface area contributed by atoms with Gasteiger partial charge in [0.25, 0.3) is 0 Å². The van der Waals surface area contributed by atoms with Crippen molar-refractivity contribution in [3.63, 3.8) is 0 Å². The second kappa shape index (κ2) is 2.44. The number of hydrogen-bond acceptors (Lipinski definition) is 3. The van der Waals surface area contributed by atoms with Crippen LogP contribution < -0.4 is 0 Å². The zero-order valence-electron chi connectivity index (χ0n) is 5.24. The molecule has 3 nitrogen and oxygen atoms in total. The van der Waals surface area contributed by atoms with E-state index < -0.39 is 0 Å². The lowest BCUT2D eigenvalue weighted by Crippen LogP contribution is -2.19. The fraction of sp³-hybridized carbons (Fsp3) is 0.333. The highest BCUT2D eigenvalue weighted by molar-refractivity contribution is 5.77. The number of carbonyl (C=O) groups excluding carboxylic acids is 1. The lowest BCUT2D eigenvalue weighted by atomic mass is 10.4. The average molecular weight is 124 g/mol. The first-order valence-electron chi connectivity index (χ1n) is 2.72. The molecule has 1 aliphatic rings. The van der Waals surface area contributed by atoms with Gasteiger partial charge in [0.05, 0.1) is 6.34 Å². The Hall–Kier alpha value is -1.12. The first kappa shape index (κ1) is 6.01. The molecule has 0 fully saturated rings. The van der Waals surface area contributed by atoms with Gasteiger partial charge in [-0.3, -0.25) is 4.79 Å². The molecule has 0 amide bonds. The molecule has 1 heterocycles. The van der Waals surface area contributed by atoms with Gasteiger partial charge >= 0.3 is 0 Å². The van der Waals surface area contributed by atoms with E-state index >= 15 is 0 Å². The summed E-state index contributed by atoms with van der Waals surface area (Å²) in [6, 6.07) is 0. The van der Waals surface area contributed by atoms with Gasteiger partial charge in [0.15, 0.2) is 6.29 Å². The lowest BCUT2D eigenvalue weighted by Gasteiger charge is -2.12. The van der Waals surface area contributed by atoms with Crippen molar-refractivity contribution in [1.29, 1.82) is 0 Å². The summed E-state index contributed by atoms with van der Waals surface area (Å²) in [5.74, 6) is 0. The van der Waals surface area contributed by atoms with Gasteiger partial charge in [0, 0.05) is 13.6 Å². The summed E-state index contributed by atoms with van der Waals surface area (Å²) in [7, 11) is 1.90. The molecule has 48 valence electrons. The van der Waals surface area contributed by atoms with E-state index in [-0.39, 0.29) is 0 Å². The second-order valence-electron chi connectivity index (χ2n) is 1.93. The molecule has 0 aromatic heterocycles. The van der Waals surface area contributed by atoms with Gasteiger partial charge in [0.1, 0.15) is 5.70 Å². The molecule has 0 saturated heterocycles. The second-order valence-corrected chi connectivity index (χ2v) is 1.93. The van der Waals surface area contributed by atoms with E-state index in [1.54, 1.807) is 12.4 Å². The van der Waals surface area contributed by atoms with Crippen molar-refractivity contribution < 1.29 is 4.79 Å². The van der Waals surface area contributed by atoms with Crippen LogP contribution in [0.5, 0.6) is 0 Å². The van der Waals surface area contributed by atoms with Crippen LogP contribution in [-0.2, 0) is 4.79 Å². The third kappa shape index (κ3) is 1.38. The summed E-state index contributed by atoms with van der Waals surface area (Å²) in [5.41, 5.74) is 0.521. The number of allylic oxidation sites excluding steroid dienone is 1. The maximum absolute atomic E-state index is 10.1. The largest absolute Gasteiger partial charge is 0.362 e. The maximum atomic E-state index is 10.1. The minimum Gasteiger partial charge on any atom is -0.362 e. The van der Waals surface area contributed by atoms with Crippen molar-refractivity contribution in [3.8, 4) is 0 Å². The van der Waals surface area contributed by atoms with E-state index in [0.717, 1.165) is 12.8 Å². The van der Waals surface area contributed by atoms with Crippen LogP contribution in [0.25, 0.3) is 0 Å². The van der Waals surface area contributed by atoms with Crippen molar-refractivity contribution in [2.45, 2.75) is 0 Å². The predicted molar refractivity (Wildman–Crippen MR) is 35.3 cm³/mol. The molecule has 3 heteroatoms. The van der Waals surface area contributed by atoms with Gasteiger partial charge in [-0.1, -0.05) is 0 Å². The Morgan fingerprint density at radius 3 is 3.11 bits per heavy atom. The van der Waals surface area contributed by atoms with E-state index in [9.17, 15) is 4.79 Å². The first-order chi connectivity index (χ1) is 4.33. The van der Waals surface area contributed by atoms with Crippen LogP contribution in [0.1, 0.15) is 0 Å². The fourth-order valence-corrected chi connectivity index (χ4v) is 0.581. The van der Waals surface area contributed by atoms with E-state index in [2.05, 4.69) is 4.99 Å². The minimum absolute atomic E-state index is 0.521. The number of carbonyl (C=O) groups is 1. The van der Waals surface area contributed by atoms with Crippen LogP contribution in [0.2, 0.25) is 0 Å². The summed E-state index contributed by atoms with van der Waals surface area (Å²) in [4.78, 5) is 15.8. The lowest BCUT2D eigenvalue weighted by molar-refractivity contribution is -0.105. The van der Waals surface area contributed by atoms with Crippen LogP contribution in [0, 0.1) is 0 Å². The van der Waals surface area contributed by atoms with Crippen LogP contribution in [0.15, 0.2) is 16.8 Å². The molecule has 1 aliphatic heterocycles. The molecule has 0 radical (unpaired) electrons. The number of aliphatic imine (C=N–C) groups is 1. The molecule has 0 aliphatic carbocycles. The summed E-state index contributed by atoms with van der Waals surface area (Å²) in [6.07, 6.45) is 4.18. The Kier molecular flexibility index (Phi) is 1.63. The molecule has 0 aromatic rings. The van der Waals surface area contributed by atoms with Crippen molar-refractivity contribution >= 4 is 12.6 Å². The molecular weight excluding hydrogens is 116 g/mol. The van der Waals surface area contributed by atoms with Gasteiger partial charge in [0.2, 0.25) is 0 Å². The van der Waals surface area contributed by atoms with Crippen LogP contribution >= 0.6 is 0 Å². The molecule has 0 unspecified atom stereocenters. The number of aldehydes is 1. The summed E-state index contributed by atoms with van der Waals surface area (Å²) in [5, 5.41) is 0. The van der Waals surface area contributed by atoms with Gasteiger partial charge in [-0.2, -0.15) is 0 Å². The van der Waals surface area contributed by atoms with Crippen molar-refractivity contribution in [3.05, 3.63) is 11.8 Å². The van der Waals surface area contributed by atoms with Crippen LogP contribution in [-0.4, -0.2) is 31.1 Å². The predicted octanol–water partition coefficient (Wildman–Crippen LogP) is 0.0429. The molecule has 0 aromatic carbocycles. The Bertz CT molecular complexity index is 172. The zero-order chi connectivity index (χ0) is 6.69. The van der Waals surface area contributed by atoms with Crippen molar-refractivity contribution in [1.82, 2.24) is 4.90 Å². The van der Waals surface area contributed by atoms with E-state index in [1.165, 1.54) is 0 Å². The normalized spacial score (nSPS) is 17.4. The highest BCUT2D eigenvalue weighted by Gasteiger charge is 1.97. The fourth-order valence-electron chi connectivity index (χ4n) is 0.581. The SMILES string of the molecule is CN1C=NC(C=O)=CC1. The van der Waals surface area contributed by atoms with E-state index in [4.69, 9.17) is 0 Å². The number of nitrogens with zero attached hydrogens (tertiary/aromatic N) is 2. The van der Waals surface area contributed by atoms with Crippen LogP contribution in [0.3, 0.4) is 0 Å². The summed E-state index contributed by atoms with van der Waals surface area (Å²) >= 11 is 0. The Morgan fingerprint density at radius 1 is 1.89 bits per heavy atom. The Morgan fingerprint density at radius 2 is 2.67 bits per heavy atom. The van der Waals surface area contributed by atoms with Gasteiger partial charge in [-0.05, 0) is 6.08 Å². The average Bonchev–Trinajstić information content (AvgIpc) is 1.90. The zero-order valence-corrected chi connectivity index (χ0v) is 5.24.